The fourth-order valence-corrected chi connectivity index (χ4v) is 2.80. The van der Waals surface area contributed by atoms with Gasteiger partial charge in [0.05, 0.1) is 6.61 Å². The van der Waals surface area contributed by atoms with Gasteiger partial charge >= 0.3 is 0 Å². The first-order valence-electron chi connectivity index (χ1n) is 7.46. The second kappa shape index (κ2) is 7.29. The fraction of sp³-hybridized carbons (Fsp3) is 0.562. The minimum absolute atomic E-state index is 0.212. The summed E-state index contributed by atoms with van der Waals surface area (Å²) in [5.41, 5.74) is 6.82. The van der Waals surface area contributed by atoms with Crippen LogP contribution in [0.5, 0.6) is 5.75 Å². The van der Waals surface area contributed by atoms with Crippen molar-refractivity contribution in [1.29, 1.82) is 0 Å². The standard InChI is InChI=1S/C16H24N2O2/c1-2-20-15-8-4-3-6-13(15)9-10-16(19)18-11-5-7-14(18)12-17/h3-4,6,8,14H,2,5,7,9-12,17H2,1H3/t14-/m1/s1. The molecule has 0 aromatic heterocycles. The number of aryl methyl sites for hydroxylation is 1. The maximum absolute atomic E-state index is 12.3. The first kappa shape index (κ1) is 14.9. The monoisotopic (exact) mass is 276 g/mol. The van der Waals surface area contributed by atoms with Crippen molar-refractivity contribution in [2.75, 3.05) is 19.7 Å². The van der Waals surface area contributed by atoms with E-state index in [2.05, 4.69) is 0 Å². The summed E-state index contributed by atoms with van der Waals surface area (Å²) in [5, 5.41) is 0. The molecule has 1 heterocycles. The summed E-state index contributed by atoms with van der Waals surface area (Å²) in [4.78, 5) is 14.2. The first-order chi connectivity index (χ1) is 9.76. The van der Waals surface area contributed by atoms with Crippen LogP contribution >= 0.6 is 0 Å². The first-order valence-corrected chi connectivity index (χ1v) is 7.46. The van der Waals surface area contributed by atoms with Gasteiger partial charge in [0.25, 0.3) is 0 Å². The number of hydrogen-bond acceptors (Lipinski definition) is 3. The molecule has 2 rings (SSSR count). The number of para-hydroxylation sites is 1. The predicted molar refractivity (Wildman–Crippen MR) is 79.7 cm³/mol. The molecule has 1 amide bonds. The van der Waals surface area contributed by atoms with Crippen LogP contribution in [-0.2, 0) is 11.2 Å². The van der Waals surface area contributed by atoms with Crippen molar-refractivity contribution in [2.24, 2.45) is 5.73 Å². The van der Waals surface area contributed by atoms with Gasteiger partial charge in [-0.15, -0.1) is 0 Å². The molecule has 0 aliphatic carbocycles. The molecule has 110 valence electrons. The number of benzene rings is 1. The topological polar surface area (TPSA) is 55.6 Å². The van der Waals surface area contributed by atoms with Gasteiger partial charge in [-0.05, 0) is 37.8 Å². The van der Waals surface area contributed by atoms with Crippen LogP contribution < -0.4 is 10.5 Å². The molecular formula is C16H24N2O2. The quantitative estimate of drug-likeness (QED) is 0.864. The van der Waals surface area contributed by atoms with Gasteiger partial charge in [0.1, 0.15) is 5.75 Å². The molecular weight excluding hydrogens is 252 g/mol. The molecule has 1 fully saturated rings. The minimum atomic E-state index is 0.212. The van der Waals surface area contributed by atoms with Gasteiger partial charge < -0.3 is 15.4 Å². The molecule has 1 atom stereocenters. The lowest BCUT2D eigenvalue weighted by atomic mass is 10.1. The second-order valence-electron chi connectivity index (χ2n) is 5.16. The Morgan fingerprint density at radius 3 is 3.00 bits per heavy atom. The molecule has 1 aliphatic rings. The number of ether oxygens (including phenoxy) is 1. The summed E-state index contributed by atoms with van der Waals surface area (Å²) in [5.74, 6) is 1.10. The van der Waals surface area contributed by atoms with Crippen molar-refractivity contribution in [2.45, 2.75) is 38.6 Å². The zero-order valence-electron chi connectivity index (χ0n) is 12.2. The maximum atomic E-state index is 12.3. The molecule has 20 heavy (non-hydrogen) atoms. The van der Waals surface area contributed by atoms with Crippen LogP contribution in [0.1, 0.15) is 31.7 Å². The lowest BCUT2D eigenvalue weighted by Crippen LogP contribution is -2.40. The summed E-state index contributed by atoms with van der Waals surface area (Å²) in [7, 11) is 0. The van der Waals surface area contributed by atoms with Crippen molar-refractivity contribution < 1.29 is 9.53 Å². The lowest BCUT2D eigenvalue weighted by molar-refractivity contribution is -0.131. The highest BCUT2D eigenvalue weighted by Gasteiger charge is 2.27. The van der Waals surface area contributed by atoms with E-state index in [-0.39, 0.29) is 11.9 Å². The molecule has 4 heteroatoms. The molecule has 1 aliphatic heterocycles. The highest BCUT2D eigenvalue weighted by molar-refractivity contribution is 5.77. The van der Waals surface area contributed by atoms with E-state index in [0.717, 1.165) is 37.1 Å². The molecule has 1 aromatic carbocycles. The van der Waals surface area contributed by atoms with E-state index in [9.17, 15) is 4.79 Å². The smallest absolute Gasteiger partial charge is 0.223 e. The van der Waals surface area contributed by atoms with Gasteiger partial charge in [-0.3, -0.25) is 4.79 Å². The van der Waals surface area contributed by atoms with E-state index in [1.807, 2.05) is 36.1 Å². The number of nitrogens with two attached hydrogens (primary N) is 1. The van der Waals surface area contributed by atoms with Gasteiger partial charge in [0, 0.05) is 25.6 Å². The molecule has 0 saturated carbocycles. The Hall–Kier alpha value is -1.55. The third kappa shape index (κ3) is 3.51. The molecule has 1 saturated heterocycles. The predicted octanol–water partition coefficient (Wildman–Crippen LogP) is 1.97. The maximum Gasteiger partial charge on any atom is 0.223 e. The number of rotatable bonds is 6. The number of likely N-dealkylation sites (tertiary alicyclic amines) is 1. The molecule has 2 N–H and O–H groups in total. The van der Waals surface area contributed by atoms with Crippen molar-refractivity contribution >= 4 is 5.91 Å². The summed E-state index contributed by atoms with van der Waals surface area (Å²) < 4.78 is 5.59. The van der Waals surface area contributed by atoms with Crippen molar-refractivity contribution in [3.63, 3.8) is 0 Å². The Morgan fingerprint density at radius 2 is 2.25 bits per heavy atom. The molecule has 4 nitrogen and oxygen atoms in total. The number of carbonyl (C=O) groups is 1. The molecule has 0 radical (unpaired) electrons. The zero-order valence-corrected chi connectivity index (χ0v) is 12.2. The highest BCUT2D eigenvalue weighted by atomic mass is 16.5. The second-order valence-corrected chi connectivity index (χ2v) is 5.16. The summed E-state index contributed by atoms with van der Waals surface area (Å²) in [6, 6.07) is 8.18. The molecule has 0 unspecified atom stereocenters. The van der Waals surface area contributed by atoms with Gasteiger partial charge in [-0.2, -0.15) is 0 Å². The molecule has 0 bridgehead atoms. The van der Waals surface area contributed by atoms with E-state index >= 15 is 0 Å². The normalized spacial score (nSPS) is 18.3. The van der Waals surface area contributed by atoms with Gasteiger partial charge in [0.15, 0.2) is 0 Å². The van der Waals surface area contributed by atoms with Crippen LogP contribution in [0.15, 0.2) is 24.3 Å². The summed E-state index contributed by atoms with van der Waals surface area (Å²) >= 11 is 0. The zero-order chi connectivity index (χ0) is 14.4. The number of carbonyl (C=O) groups excluding carboxylic acids is 1. The van der Waals surface area contributed by atoms with Crippen LogP contribution in [-0.4, -0.2) is 36.5 Å². The van der Waals surface area contributed by atoms with Crippen LogP contribution in [0.25, 0.3) is 0 Å². The number of hydrogen-bond donors (Lipinski definition) is 1. The van der Waals surface area contributed by atoms with E-state index in [4.69, 9.17) is 10.5 Å². The Balaban J connectivity index is 1.93. The van der Waals surface area contributed by atoms with Crippen LogP contribution in [0.4, 0.5) is 0 Å². The average Bonchev–Trinajstić information content (AvgIpc) is 2.95. The van der Waals surface area contributed by atoms with E-state index in [1.54, 1.807) is 0 Å². The average molecular weight is 276 g/mol. The third-order valence-corrected chi connectivity index (χ3v) is 3.85. The van der Waals surface area contributed by atoms with Crippen LogP contribution in [0.3, 0.4) is 0 Å². The van der Waals surface area contributed by atoms with Gasteiger partial charge in [0.2, 0.25) is 5.91 Å². The Labute approximate surface area is 120 Å². The van der Waals surface area contributed by atoms with Crippen molar-refractivity contribution in [3.05, 3.63) is 29.8 Å². The van der Waals surface area contributed by atoms with E-state index < -0.39 is 0 Å². The van der Waals surface area contributed by atoms with Gasteiger partial charge in [-0.1, -0.05) is 18.2 Å². The van der Waals surface area contributed by atoms with Crippen LogP contribution in [0.2, 0.25) is 0 Å². The Morgan fingerprint density at radius 1 is 1.45 bits per heavy atom. The van der Waals surface area contributed by atoms with Crippen LogP contribution in [0, 0.1) is 0 Å². The van der Waals surface area contributed by atoms with E-state index in [0.29, 0.717) is 19.6 Å². The largest absolute Gasteiger partial charge is 0.494 e. The summed E-state index contributed by atoms with van der Waals surface area (Å²) in [6.07, 6.45) is 3.37. The third-order valence-electron chi connectivity index (χ3n) is 3.85. The lowest BCUT2D eigenvalue weighted by Gasteiger charge is -2.23. The highest BCUT2D eigenvalue weighted by Crippen LogP contribution is 2.22. The SMILES string of the molecule is CCOc1ccccc1CCC(=O)N1CCC[C@@H]1CN. The molecule has 0 spiro atoms. The van der Waals surface area contributed by atoms with Crippen molar-refractivity contribution in [3.8, 4) is 5.75 Å². The van der Waals surface area contributed by atoms with E-state index in [1.165, 1.54) is 0 Å². The molecule has 1 aromatic rings. The Bertz CT molecular complexity index is 448. The minimum Gasteiger partial charge on any atom is -0.494 e. The van der Waals surface area contributed by atoms with Gasteiger partial charge in [-0.25, -0.2) is 0 Å². The number of nitrogens with zero attached hydrogens (tertiary/aromatic N) is 1. The number of amides is 1. The fourth-order valence-electron chi connectivity index (χ4n) is 2.80. The summed E-state index contributed by atoms with van der Waals surface area (Å²) in [6.45, 7) is 4.04. The van der Waals surface area contributed by atoms with Crippen molar-refractivity contribution in [1.82, 2.24) is 4.90 Å². The Kier molecular flexibility index (Phi) is 5.41.